The van der Waals surface area contributed by atoms with Gasteiger partial charge in [0.15, 0.2) is 5.82 Å². The number of aromatic nitrogens is 3. The van der Waals surface area contributed by atoms with Gasteiger partial charge in [0.25, 0.3) is 17.5 Å². The number of aliphatic hydroxyl groups is 1. The van der Waals surface area contributed by atoms with Crippen LogP contribution < -0.4 is 16.4 Å². The summed E-state index contributed by atoms with van der Waals surface area (Å²) in [5.41, 5.74) is -2.29. The summed E-state index contributed by atoms with van der Waals surface area (Å²) < 4.78 is 43.2. The first-order chi connectivity index (χ1) is 14.7. The van der Waals surface area contributed by atoms with E-state index in [0.29, 0.717) is 18.2 Å². The Balaban J connectivity index is 1.83. The van der Waals surface area contributed by atoms with Gasteiger partial charge < -0.3 is 15.0 Å². The van der Waals surface area contributed by atoms with Crippen LogP contribution in [-0.2, 0) is 12.6 Å². The number of benzene rings is 1. The summed E-state index contributed by atoms with van der Waals surface area (Å²) in [5.74, 6) is -0.824. The van der Waals surface area contributed by atoms with Crippen molar-refractivity contribution in [2.45, 2.75) is 37.8 Å². The number of fused-ring (bicyclic) bond motifs is 1. The number of aliphatic hydroxyl groups excluding tert-OH is 1. The van der Waals surface area contributed by atoms with Crippen molar-refractivity contribution in [3.8, 4) is 0 Å². The summed E-state index contributed by atoms with van der Waals surface area (Å²) in [5, 5.41) is 17.3. The van der Waals surface area contributed by atoms with Gasteiger partial charge >= 0.3 is 0 Å². The van der Waals surface area contributed by atoms with Gasteiger partial charge in [-0.3, -0.25) is 9.59 Å². The minimum atomic E-state index is -2.95. The third-order valence-corrected chi connectivity index (χ3v) is 5.83. The molecular formula is C21H21F3N4O3. The van der Waals surface area contributed by atoms with Crippen molar-refractivity contribution < 1.29 is 18.3 Å². The van der Waals surface area contributed by atoms with Gasteiger partial charge in [-0.2, -0.15) is 5.10 Å². The van der Waals surface area contributed by atoms with E-state index >= 15 is 0 Å². The summed E-state index contributed by atoms with van der Waals surface area (Å²) >= 11 is 0. The summed E-state index contributed by atoms with van der Waals surface area (Å²) in [6.07, 6.45) is -0.238. The number of hydrogen-bond acceptors (Lipinski definition) is 5. The molecule has 0 spiro atoms. The second kappa shape index (κ2) is 7.52. The molecule has 31 heavy (non-hydrogen) atoms. The van der Waals surface area contributed by atoms with Crippen molar-refractivity contribution in [2.75, 3.05) is 11.9 Å². The quantitative estimate of drug-likeness (QED) is 0.623. The lowest BCUT2D eigenvalue weighted by molar-refractivity contribution is 0.146. The number of nitrogens with one attached hydrogen (secondary N) is 1. The zero-order valence-corrected chi connectivity index (χ0v) is 16.9. The number of rotatable bonds is 6. The third-order valence-electron chi connectivity index (χ3n) is 5.83. The highest BCUT2D eigenvalue weighted by Gasteiger charge is 2.44. The molecule has 164 valence electrons. The molecule has 1 aromatic carbocycles. The second-order valence-corrected chi connectivity index (χ2v) is 7.89. The van der Waals surface area contributed by atoms with Crippen LogP contribution in [0.2, 0.25) is 0 Å². The molecule has 0 aliphatic heterocycles. The Bertz CT molecular complexity index is 1280. The SMILES string of the molecule is C[C@@H](Nc1nn(C)c(=O)c2cc(=O)n(C3(CO)CC3)cc12)c1cccc(C(F)F)c1F. The average Bonchev–Trinajstić information content (AvgIpc) is 3.52. The number of anilines is 1. The van der Waals surface area contributed by atoms with Gasteiger partial charge in [-0.05, 0) is 19.8 Å². The summed E-state index contributed by atoms with van der Waals surface area (Å²) in [7, 11) is 1.41. The van der Waals surface area contributed by atoms with E-state index in [4.69, 9.17) is 0 Å². The van der Waals surface area contributed by atoms with Crippen LogP contribution in [0.15, 0.2) is 40.1 Å². The highest BCUT2D eigenvalue weighted by atomic mass is 19.3. The van der Waals surface area contributed by atoms with Gasteiger partial charge in [0.1, 0.15) is 5.82 Å². The lowest BCUT2D eigenvalue weighted by Crippen LogP contribution is -2.33. The Morgan fingerprint density at radius 2 is 1.90 bits per heavy atom. The van der Waals surface area contributed by atoms with Crippen molar-refractivity contribution in [3.05, 3.63) is 68.1 Å². The molecule has 3 aromatic rings. The number of aryl methyl sites for hydroxylation is 1. The van der Waals surface area contributed by atoms with E-state index in [2.05, 4.69) is 10.4 Å². The van der Waals surface area contributed by atoms with Gasteiger partial charge in [0.05, 0.1) is 29.1 Å². The standard InChI is InChI=1S/C21H21F3N4O3/c1-11(12-4-3-5-13(17(12)22)18(23)24)25-19-15-9-28(21(10-29)6-7-21)16(30)8-14(15)20(31)27(2)26-19/h3-5,8-9,11,18,29H,6-7,10H2,1-2H3,(H,25,26)/t11-/m1/s1. The van der Waals surface area contributed by atoms with Crippen molar-refractivity contribution in [1.29, 1.82) is 0 Å². The van der Waals surface area contributed by atoms with E-state index in [1.165, 1.54) is 36.0 Å². The van der Waals surface area contributed by atoms with Crippen LogP contribution in [0.3, 0.4) is 0 Å². The number of hydrogen-bond donors (Lipinski definition) is 2. The number of alkyl halides is 2. The third kappa shape index (κ3) is 3.50. The maximum absolute atomic E-state index is 14.6. The molecule has 2 heterocycles. The van der Waals surface area contributed by atoms with Gasteiger partial charge in [-0.15, -0.1) is 0 Å². The lowest BCUT2D eigenvalue weighted by atomic mass is 10.0. The van der Waals surface area contributed by atoms with E-state index in [0.717, 1.165) is 10.7 Å². The van der Waals surface area contributed by atoms with E-state index in [1.807, 2.05) is 0 Å². The molecule has 0 radical (unpaired) electrons. The van der Waals surface area contributed by atoms with E-state index < -0.39 is 40.5 Å². The maximum Gasteiger partial charge on any atom is 0.274 e. The molecule has 1 saturated carbocycles. The van der Waals surface area contributed by atoms with Crippen LogP contribution in [-0.4, -0.2) is 26.1 Å². The van der Waals surface area contributed by atoms with Gasteiger partial charge in [0, 0.05) is 30.3 Å². The first kappa shape index (κ1) is 21.1. The predicted octanol–water partition coefficient (Wildman–Crippen LogP) is 2.83. The molecular weight excluding hydrogens is 413 g/mol. The minimum Gasteiger partial charge on any atom is -0.394 e. The largest absolute Gasteiger partial charge is 0.394 e. The second-order valence-electron chi connectivity index (χ2n) is 7.89. The zero-order valence-electron chi connectivity index (χ0n) is 16.9. The Morgan fingerprint density at radius 3 is 2.52 bits per heavy atom. The minimum absolute atomic E-state index is 0.0175. The zero-order chi connectivity index (χ0) is 22.5. The topological polar surface area (TPSA) is 89.2 Å². The molecule has 4 rings (SSSR count). The molecule has 0 amide bonds. The molecule has 7 nitrogen and oxygen atoms in total. The number of pyridine rings is 1. The highest BCUT2D eigenvalue weighted by molar-refractivity contribution is 5.90. The molecule has 1 atom stereocenters. The fourth-order valence-corrected chi connectivity index (χ4v) is 3.77. The smallest absolute Gasteiger partial charge is 0.274 e. The summed E-state index contributed by atoms with van der Waals surface area (Å²) in [6.45, 7) is 1.36. The van der Waals surface area contributed by atoms with Crippen LogP contribution in [0.1, 0.15) is 43.4 Å². The monoisotopic (exact) mass is 434 g/mol. The average molecular weight is 434 g/mol. The van der Waals surface area contributed by atoms with Crippen LogP contribution in [0.25, 0.3) is 10.8 Å². The number of halogens is 3. The lowest BCUT2D eigenvalue weighted by Gasteiger charge is -2.20. The number of nitrogens with zero attached hydrogens (tertiary/aromatic N) is 3. The van der Waals surface area contributed by atoms with Gasteiger partial charge in [-0.25, -0.2) is 17.9 Å². The molecule has 1 fully saturated rings. The van der Waals surface area contributed by atoms with Gasteiger partial charge in [-0.1, -0.05) is 18.2 Å². The van der Waals surface area contributed by atoms with Crippen molar-refractivity contribution in [2.24, 2.45) is 7.05 Å². The first-order valence-corrected chi connectivity index (χ1v) is 9.76. The van der Waals surface area contributed by atoms with Crippen LogP contribution >= 0.6 is 0 Å². The molecule has 2 N–H and O–H groups in total. The highest BCUT2D eigenvalue weighted by Crippen LogP contribution is 2.42. The Morgan fingerprint density at radius 1 is 1.23 bits per heavy atom. The van der Waals surface area contributed by atoms with Gasteiger partial charge in [0.2, 0.25) is 0 Å². The molecule has 0 bridgehead atoms. The fourth-order valence-electron chi connectivity index (χ4n) is 3.77. The van der Waals surface area contributed by atoms with E-state index in [-0.39, 0.29) is 23.4 Å². The fraction of sp³-hybridized carbons (Fsp3) is 0.381. The summed E-state index contributed by atoms with van der Waals surface area (Å²) in [4.78, 5) is 25.1. The van der Waals surface area contributed by atoms with Crippen LogP contribution in [0.5, 0.6) is 0 Å². The van der Waals surface area contributed by atoms with Crippen molar-refractivity contribution >= 4 is 16.6 Å². The Labute approximate surface area is 174 Å². The molecule has 1 aliphatic rings. The predicted molar refractivity (Wildman–Crippen MR) is 109 cm³/mol. The summed E-state index contributed by atoms with van der Waals surface area (Å²) in [6, 6.07) is 4.20. The molecule has 2 aromatic heterocycles. The maximum atomic E-state index is 14.6. The van der Waals surface area contributed by atoms with Crippen molar-refractivity contribution in [1.82, 2.24) is 14.3 Å². The molecule has 10 heteroatoms. The first-order valence-electron chi connectivity index (χ1n) is 9.76. The molecule has 1 aliphatic carbocycles. The van der Waals surface area contributed by atoms with Crippen LogP contribution in [0, 0.1) is 5.82 Å². The van der Waals surface area contributed by atoms with Crippen LogP contribution in [0.4, 0.5) is 19.0 Å². The normalized spacial score (nSPS) is 16.0. The molecule has 0 saturated heterocycles. The van der Waals surface area contributed by atoms with Crippen molar-refractivity contribution in [3.63, 3.8) is 0 Å². The molecule has 0 unspecified atom stereocenters. The van der Waals surface area contributed by atoms with E-state index in [9.17, 15) is 27.9 Å². The van der Waals surface area contributed by atoms with E-state index in [1.54, 1.807) is 6.92 Å². The Kier molecular flexibility index (Phi) is 5.12. The Hall–Kier alpha value is -3.14.